The van der Waals surface area contributed by atoms with Crippen molar-refractivity contribution in [1.82, 2.24) is 30.1 Å². The molecule has 1 atom stereocenters. The van der Waals surface area contributed by atoms with E-state index in [0.717, 1.165) is 41.6 Å². The molecule has 2 heterocycles. The zero-order chi connectivity index (χ0) is 23.7. The third kappa shape index (κ3) is 4.54. The van der Waals surface area contributed by atoms with Crippen LogP contribution in [0.5, 0.6) is 0 Å². The van der Waals surface area contributed by atoms with Crippen molar-refractivity contribution >= 4 is 10.9 Å². The zero-order valence-corrected chi connectivity index (χ0v) is 20.8. The summed E-state index contributed by atoms with van der Waals surface area (Å²) in [7, 11) is 0. The number of aryl methyl sites for hydroxylation is 1. The maximum absolute atomic E-state index is 13.2. The second-order valence-corrected chi connectivity index (χ2v) is 10.6. The van der Waals surface area contributed by atoms with Gasteiger partial charge in [-0.2, -0.15) is 0 Å². The second kappa shape index (κ2) is 9.98. The molecule has 2 aromatic heterocycles. The average Bonchev–Trinajstić information content (AvgIpc) is 3.61. The van der Waals surface area contributed by atoms with Gasteiger partial charge in [-0.25, -0.2) is 4.68 Å². The van der Waals surface area contributed by atoms with E-state index >= 15 is 0 Å². The van der Waals surface area contributed by atoms with E-state index in [1.165, 1.54) is 44.1 Å². The Morgan fingerprint density at radius 3 is 2.53 bits per heavy atom. The molecule has 1 aromatic carbocycles. The van der Waals surface area contributed by atoms with E-state index in [0.29, 0.717) is 24.5 Å². The Balaban J connectivity index is 1.54. The number of nitrogens with one attached hydrogen (secondary N) is 1. The number of pyridine rings is 1. The molecule has 0 unspecified atom stereocenters. The van der Waals surface area contributed by atoms with Crippen LogP contribution in [0, 0.1) is 5.92 Å². The Hall–Kier alpha value is -2.54. The van der Waals surface area contributed by atoms with Crippen LogP contribution in [-0.4, -0.2) is 36.1 Å². The average molecular weight is 463 g/mol. The van der Waals surface area contributed by atoms with Crippen LogP contribution in [0.1, 0.15) is 101 Å². The van der Waals surface area contributed by atoms with Gasteiger partial charge in [-0.05, 0) is 77.6 Å². The summed E-state index contributed by atoms with van der Waals surface area (Å²) in [6, 6.07) is 9.35. The smallest absolute Gasteiger partial charge is 0.252 e. The maximum Gasteiger partial charge on any atom is 0.252 e. The fraction of sp³-hybridized carbons (Fsp3) is 0.630. The number of nitrogens with zero attached hydrogens (tertiary/aromatic N) is 5. The van der Waals surface area contributed by atoms with Crippen LogP contribution >= 0.6 is 0 Å². The molecule has 0 spiro atoms. The van der Waals surface area contributed by atoms with Gasteiger partial charge < -0.3 is 4.98 Å². The van der Waals surface area contributed by atoms with Crippen molar-refractivity contribution in [2.24, 2.45) is 5.92 Å². The summed E-state index contributed by atoms with van der Waals surface area (Å²) >= 11 is 0. The number of aromatic amines is 1. The van der Waals surface area contributed by atoms with Gasteiger partial charge in [0.1, 0.15) is 0 Å². The quantitative estimate of drug-likeness (QED) is 0.489. The van der Waals surface area contributed by atoms with Crippen molar-refractivity contribution in [2.45, 2.75) is 103 Å². The Kier molecular flexibility index (Phi) is 6.82. The van der Waals surface area contributed by atoms with Crippen LogP contribution in [-0.2, 0) is 13.0 Å². The highest BCUT2D eigenvalue weighted by Crippen LogP contribution is 2.38. The number of H-pyrrole nitrogens is 1. The molecular weight excluding hydrogens is 424 g/mol. The maximum atomic E-state index is 13.2. The van der Waals surface area contributed by atoms with Gasteiger partial charge in [0, 0.05) is 23.7 Å². The molecule has 34 heavy (non-hydrogen) atoms. The number of fused-ring (bicyclic) bond motifs is 1. The third-order valence-electron chi connectivity index (χ3n) is 7.98. The van der Waals surface area contributed by atoms with Crippen LogP contribution < -0.4 is 5.56 Å². The second-order valence-electron chi connectivity index (χ2n) is 10.6. The highest BCUT2D eigenvalue weighted by molar-refractivity contribution is 5.79. The summed E-state index contributed by atoms with van der Waals surface area (Å²) in [5.74, 6) is 1.30. The molecule has 182 valence electrons. The van der Waals surface area contributed by atoms with E-state index in [4.69, 9.17) is 0 Å². The van der Waals surface area contributed by atoms with E-state index in [2.05, 4.69) is 69.1 Å². The fourth-order valence-corrected chi connectivity index (χ4v) is 6.16. The molecule has 5 rings (SSSR count). The standard InChI is InChI=1S/C27H38N6O/c1-4-19-13-14-24-20(15-19)16-21(27(34)28-24)17-32(22-9-5-6-10-22)25(18(2)3)26-29-30-31-33(26)23-11-7-8-12-23/h13-16,18,22-23,25H,4-12,17H2,1-3H3,(H,28,34)/t25-/m0/s1. The van der Waals surface area contributed by atoms with E-state index in [9.17, 15) is 4.79 Å². The van der Waals surface area contributed by atoms with Crippen molar-refractivity contribution in [3.63, 3.8) is 0 Å². The van der Waals surface area contributed by atoms with Gasteiger partial charge in [-0.1, -0.05) is 52.5 Å². The largest absolute Gasteiger partial charge is 0.322 e. The molecule has 2 saturated carbocycles. The van der Waals surface area contributed by atoms with Crippen molar-refractivity contribution in [1.29, 1.82) is 0 Å². The molecule has 2 fully saturated rings. The molecule has 0 aliphatic heterocycles. The molecule has 0 bridgehead atoms. The van der Waals surface area contributed by atoms with E-state index in [-0.39, 0.29) is 11.6 Å². The first-order valence-electron chi connectivity index (χ1n) is 13.2. The lowest BCUT2D eigenvalue weighted by atomic mass is 9.97. The highest BCUT2D eigenvalue weighted by atomic mass is 16.1. The van der Waals surface area contributed by atoms with Crippen molar-refractivity contribution in [3.05, 3.63) is 51.6 Å². The van der Waals surface area contributed by atoms with Crippen LogP contribution in [0.15, 0.2) is 29.1 Å². The van der Waals surface area contributed by atoms with Crippen molar-refractivity contribution < 1.29 is 0 Å². The first-order chi connectivity index (χ1) is 16.5. The van der Waals surface area contributed by atoms with E-state index in [1.807, 2.05) is 6.07 Å². The lowest BCUT2D eigenvalue weighted by Crippen LogP contribution is -2.41. The van der Waals surface area contributed by atoms with Crippen LogP contribution in [0.25, 0.3) is 10.9 Å². The Morgan fingerprint density at radius 1 is 1.09 bits per heavy atom. The first kappa shape index (κ1) is 23.2. The molecule has 1 N–H and O–H groups in total. The number of hydrogen-bond acceptors (Lipinski definition) is 5. The van der Waals surface area contributed by atoms with Crippen molar-refractivity contribution in [2.75, 3.05) is 0 Å². The van der Waals surface area contributed by atoms with Gasteiger partial charge in [-0.15, -0.1) is 5.10 Å². The molecule has 0 amide bonds. The van der Waals surface area contributed by atoms with Gasteiger partial charge in [-0.3, -0.25) is 9.69 Å². The van der Waals surface area contributed by atoms with Gasteiger partial charge in [0.2, 0.25) is 0 Å². The topological polar surface area (TPSA) is 79.7 Å². The SMILES string of the molecule is CCc1ccc2[nH]c(=O)c(CN(C3CCCC3)[C@H](c3nnnn3C3CCCC3)C(C)C)cc2c1. The molecule has 2 aliphatic rings. The van der Waals surface area contributed by atoms with Gasteiger partial charge in [0.15, 0.2) is 5.82 Å². The summed E-state index contributed by atoms with van der Waals surface area (Å²) in [4.78, 5) is 18.9. The molecule has 0 radical (unpaired) electrons. The monoisotopic (exact) mass is 462 g/mol. The molecule has 7 nitrogen and oxygen atoms in total. The van der Waals surface area contributed by atoms with Gasteiger partial charge >= 0.3 is 0 Å². The number of hydrogen-bond donors (Lipinski definition) is 1. The Labute approximate surface area is 201 Å². The summed E-state index contributed by atoms with van der Waals surface area (Å²) in [6.07, 6.45) is 10.6. The van der Waals surface area contributed by atoms with Crippen LogP contribution in [0.3, 0.4) is 0 Å². The number of rotatable bonds is 8. The molecule has 2 aliphatic carbocycles. The summed E-state index contributed by atoms with van der Waals surface area (Å²) in [5.41, 5.74) is 3.04. The predicted molar refractivity (Wildman–Crippen MR) is 135 cm³/mol. The molecule has 7 heteroatoms. The molecular formula is C27H38N6O. The summed E-state index contributed by atoms with van der Waals surface area (Å²) in [5, 5.41) is 14.3. The molecule has 0 saturated heterocycles. The number of aromatic nitrogens is 5. The predicted octanol–water partition coefficient (Wildman–Crippen LogP) is 5.33. The first-order valence-corrected chi connectivity index (χ1v) is 13.2. The third-order valence-corrected chi connectivity index (χ3v) is 7.98. The van der Waals surface area contributed by atoms with Crippen LogP contribution in [0.2, 0.25) is 0 Å². The number of benzene rings is 1. The van der Waals surface area contributed by atoms with Crippen LogP contribution in [0.4, 0.5) is 0 Å². The Morgan fingerprint density at radius 2 is 1.82 bits per heavy atom. The van der Waals surface area contributed by atoms with Gasteiger partial charge in [0.05, 0.1) is 12.1 Å². The summed E-state index contributed by atoms with van der Waals surface area (Å²) in [6.45, 7) is 7.31. The van der Waals surface area contributed by atoms with E-state index in [1.54, 1.807) is 0 Å². The summed E-state index contributed by atoms with van der Waals surface area (Å²) < 4.78 is 2.11. The minimum absolute atomic E-state index is 0.0117. The fourth-order valence-electron chi connectivity index (χ4n) is 6.16. The lowest BCUT2D eigenvalue weighted by Gasteiger charge is -2.38. The zero-order valence-electron chi connectivity index (χ0n) is 20.8. The number of tetrazole rings is 1. The lowest BCUT2D eigenvalue weighted by molar-refractivity contribution is 0.0826. The molecule has 3 aromatic rings. The Bertz CT molecular complexity index is 1170. The normalized spacial score (nSPS) is 18.6. The van der Waals surface area contributed by atoms with Gasteiger partial charge in [0.25, 0.3) is 5.56 Å². The minimum atomic E-state index is 0.0117. The van der Waals surface area contributed by atoms with Crippen molar-refractivity contribution in [3.8, 4) is 0 Å². The highest BCUT2D eigenvalue weighted by Gasteiger charge is 2.36. The van der Waals surface area contributed by atoms with E-state index < -0.39 is 0 Å². The minimum Gasteiger partial charge on any atom is -0.322 e.